The van der Waals surface area contributed by atoms with Crippen molar-refractivity contribution in [2.75, 3.05) is 19.6 Å². The Morgan fingerprint density at radius 3 is 2.72 bits per heavy atom. The van der Waals surface area contributed by atoms with Crippen molar-refractivity contribution >= 4 is 15.9 Å². The summed E-state index contributed by atoms with van der Waals surface area (Å²) in [4.78, 5) is 11.4. The Labute approximate surface area is 144 Å². The summed E-state index contributed by atoms with van der Waals surface area (Å²) in [6, 6.07) is 3.26. The van der Waals surface area contributed by atoms with Gasteiger partial charge in [-0.3, -0.25) is 4.79 Å². The van der Waals surface area contributed by atoms with E-state index in [4.69, 9.17) is 0 Å². The molecule has 3 N–H and O–H groups in total. The number of carbonyl (C=O) groups is 1. The van der Waals surface area contributed by atoms with Crippen LogP contribution >= 0.6 is 0 Å². The first-order valence-electron chi connectivity index (χ1n) is 7.76. The van der Waals surface area contributed by atoms with E-state index in [9.17, 15) is 26.4 Å². The van der Waals surface area contributed by atoms with E-state index in [0.717, 1.165) is 31.2 Å². The molecule has 0 saturated carbocycles. The molecule has 2 atom stereocenters. The summed E-state index contributed by atoms with van der Waals surface area (Å²) < 4.78 is 64.3. The molecule has 1 aromatic carbocycles. The number of hydrogen-bond donors (Lipinski definition) is 3. The van der Waals surface area contributed by atoms with Gasteiger partial charge in [0.1, 0.15) is 0 Å². The molecule has 0 aromatic heterocycles. The summed E-state index contributed by atoms with van der Waals surface area (Å²) >= 11 is 0. The number of hydrogen-bond acceptors (Lipinski definition) is 4. The Balaban J connectivity index is 1.98. The highest BCUT2D eigenvalue weighted by molar-refractivity contribution is 7.89. The van der Waals surface area contributed by atoms with E-state index in [2.05, 4.69) is 10.6 Å². The number of rotatable bonds is 5. The van der Waals surface area contributed by atoms with Crippen molar-refractivity contribution in [1.82, 2.24) is 15.4 Å². The third kappa shape index (κ3) is 5.41. The lowest BCUT2D eigenvalue weighted by Crippen LogP contribution is -2.52. The molecular formula is C15H20F3N3O3S. The van der Waals surface area contributed by atoms with E-state index < -0.39 is 39.1 Å². The van der Waals surface area contributed by atoms with Crippen molar-refractivity contribution in [1.29, 1.82) is 0 Å². The largest absolute Gasteiger partial charge is 0.416 e. The summed E-state index contributed by atoms with van der Waals surface area (Å²) in [6.07, 6.45) is -3.76. The zero-order chi connectivity index (χ0) is 18.7. The third-order valence-electron chi connectivity index (χ3n) is 4.07. The minimum atomic E-state index is -4.65. The van der Waals surface area contributed by atoms with Crippen molar-refractivity contribution in [2.24, 2.45) is 5.92 Å². The lowest BCUT2D eigenvalue weighted by molar-refractivity contribution is -0.137. The molecule has 2 unspecified atom stereocenters. The number of sulfonamides is 1. The van der Waals surface area contributed by atoms with Crippen LogP contribution in [0.5, 0.6) is 0 Å². The van der Waals surface area contributed by atoms with Gasteiger partial charge in [0.25, 0.3) is 0 Å². The highest BCUT2D eigenvalue weighted by Crippen LogP contribution is 2.30. The molecule has 2 rings (SSSR count). The number of piperidine rings is 1. The molecule has 6 nitrogen and oxygen atoms in total. The van der Waals surface area contributed by atoms with Crippen LogP contribution in [0.25, 0.3) is 0 Å². The lowest BCUT2D eigenvalue weighted by Gasteiger charge is -2.30. The van der Waals surface area contributed by atoms with Gasteiger partial charge in [-0.05, 0) is 37.1 Å². The molecule has 0 aliphatic carbocycles. The first-order valence-corrected chi connectivity index (χ1v) is 9.25. The smallest absolute Gasteiger partial charge is 0.351 e. The standard InChI is InChI=1S/C15H20F3N3O3S/c1-10-5-6-19-8-13(10)21-14(22)9-20-25(23,24)12-4-2-3-11(7-12)15(16,17)18/h2-4,7,10,13,19-20H,5-6,8-9H2,1H3,(H,21,22). The van der Waals surface area contributed by atoms with Crippen LogP contribution in [0.15, 0.2) is 29.2 Å². The quantitative estimate of drug-likeness (QED) is 0.715. The van der Waals surface area contributed by atoms with Gasteiger partial charge in [-0.25, -0.2) is 13.1 Å². The molecule has 25 heavy (non-hydrogen) atoms. The molecule has 1 fully saturated rings. The van der Waals surface area contributed by atoms with Crippen LogP contribution in [-0.4, -0.2) is 40.0 Å². The summed E-state index contributed by atoms with van der Waals surface area (Å²) in [6.45, 7) is 2.89. The second-order valence-electron chi connectivity index (χ2n) is 5.99. The Hall–Kier alpha value is -1.65. The van der Waals surface area contributed by atoms with E-state index in [1.165, 1.54) is 0 Å². The molecule has 140 valence electrons. The first kappa shape index (κ1) is 19.7. The van der Waals surface area contributed by atoms with Crippen molar-refractivity contribution in [3.8, 4) is 0 Å². The van der Waals surface area contributed by atoms with Gasteiger partial charge in [0.2, 0.25) is 15.9 Å². The number of amides is 1. The second kappa shape index (κ2) is 7.71. The van der Waals surface area contributed by atoms with Gasteiger partial charge in [0, 0.05) is 12.6 Å². The lowest BCUT2D eigenvalue weighted by atomic mass is 9.95. The Morgan fingerprint density at radius 1 is 1.36 bits per heavy atom. The van der Waals surface area contributed by atoms with Gasteiger partial charge >= 0.3 is 6.18 Å². The predicted octanol–water partition coefficient (Wildman–Crippen LogP) is 1.10. The Bertz CT molecular complexity index is 722. The van der Waals surface area contributed by atoms with Crippen LogP contribution in [0.3, 0.4) is 0 Å². The minimum absolute atomic E-state index is 0.112. The van der Waals surface area contributed by atoms with Crippen LogP contribution in [-0.2, 0) is 21.0 Å². The van der Waals surface area contributed by atoms with Gasteiger partial charge in [-0.1, -0.05) is 13.0 Å². The molecule has 0 bridgehead atoms. The van der Waals surface area contributed by atoms with Crippen LogP contribution in [0, 0.1) is 5.92 Å². The maximum absolute atomic E-state index is 12.7. The maximum atomic E-state index is 12.7. The number of benzene rings is 1. The molecule has 1 saturated heterocycles. The average molecular weight is 379 g/mol. The molecule has 1 aromatic rings. The third-order valence-corrected chi connectivity index (χ3v) is 5.47. The van der Waals surface area contributed by atoms with Crippen LogP contribution in [0.4, 0.5) is 13.2 Å². The van der Waals surface area contributed by atoms with Gasteiger partial charge in [-0.15, -0.1) is 0 Å². The van der Waals surface area contributed by atoms with Crippen molar-refractivity contribution < 1.29 is 26.4 Å². The van der Waals surface area contributed by atoms with Crippen LogP contribution < -0.4 is 15.4 Å². The van der Waals surface area contributed by atoms with Gasteiger partial charge in [-0.2, -0.15) is 13.2 Å². The van der Waals surface area contributed by atoms with E-state index in [-0.39, 0.29) is 12.0 Å². The minimum Gasteiger partial charge on any atom is -0.351 e. The number of halogens is 3. The molecule has 1 aliphatic rings. The fourth-order valence-corrected chi connectivity index (χ4v) is 3.55. The average Bonchev–Trinajstić information content (AvgIpc) is 2.55. The summed E-state index contributed by atoms with van der Waals surface area (Å²) in [7, 11) is -4.22. The molecule has 0 radical (unpaired) electrons. The fourth-order valence-electron chi connectivity index (χ4n) is 2.52. The van der Waals surface area contributed by atoms with E-state index in [0.29, 0.717) is 12.6 Å². The zero-order valence-corrected chi connectivity index (χ0v) is 14.4. The molecule has 1 heterocycles. The van der Waals surface area contributed by atoms with Gasteiger partial charge < -0.3 is 10.6 Å². The molecule has 1 amide bonds. The highest BCUT2D eigenvalue weighted by atomic mass is 32.2. The van der Waals surface area contributed by atoms with Crippen molar-refractivity contribution in [3.05, 3.63) is 29.8 Å². The second-order valence-corrected chi connectivity index (χ2v) is 7.76. The number of alkyl halides is 3. The van der Waals surface area contributed by atoms with Gasteiger partial charge in [0.05, 0.1) is 17.0 Å². The summed E-state index contributed by atoms with van der Waals surface area (Å²) in [5.41, 5.74) is -1.07. The summed E-state index contributed by atoms with van der Waals surface area (Å²) in [5, 5.41) is 5.85. The van der Waals surface area contributed by atoms with Crippen molar-refractivity contribution in [3.63, 3.8) is 0 Å². The van der Waals surface area contributed by atoms with Crippen molar-refractivity contribution in [2.45, 2.75) is 30.5 Å². The zero-order valence-electron chi connectivity index (χ0n) is 13.6. The van der Waals surface area contributed by atoms with E-state index >= 15 is 0 Å². The van der Waals surface area contributed by atoms with Gasteiger partial charge in [0.15, 0.2) is 0 Å². The van der Waals surface area contributed by atoms with E-state index in [1.54, 1.807) is 0 Å². The van der Waals surface area contributed by atoms with Crippen LogP contribution in [0.2, 0.25) is 0 Å². The number of carbonyl (C=O) groups excluding carboxylic acids is 1. The molecule has 0 spiro atoms. The highest BCUT2D eigenvalue weighted by Gasteiger charge is 2.31. The molecule has 1 aliphatic heterocycles. The molecule has 10 heteroatoms. The topological polar surface area (TPSA) is 87.3 Å². The van der Waals surface area contributed by atoms with Crippen LogP contribution in [0.1, 0.15) is 18.9 Å². The normalized spacial score (nSPS) is 21.8. The Morgan fingerprint density at radius 2 is 2.08 bits per heavy atom. The monoisotopic (exact) mass is 379 g/mol. The Kier molecular flexibility index (Phi) is 6.07. The SMILES string of the molecule is CC1CCNCC1NC(=O)CNS(=O)(=O)c1cccc(C(F)(F)F)c1. The summed E-state index contributed by atoms with van der Waals surface area (Å²) in [5.74, 6) is -0.277. The molecular weight excluding hydrogens is 359 g/mol. The fraction of sp³-hybridized carbons (Fsp3) is 0.533. The maximum Gasteiger partial charge on any atom is 0.416 e. The van der Waals surface area contributed by atoms with E-state index in [1.807, 2.05) is 11.6 Å². The predicted molar refractivity (Wildman–Crippen MR) is 85.2 cm³/mol. The number of nitrogens with one attached hydrogen (secondary N) is 3. The first-order chi connectivity index (χ1) is 11.6.